The molecular formula is C17H21N3O2. The van der Waals surface area contributed by atoms with Crippen LogP contribution in [0.15, 0.2) is 35.3 Å². The van der Waals surface area contributed by atoms with E-state index in [-0.39, 0.29) is 11.3 Å². The Hall–Kier alpha value is -2.17. The Balaban J connectivity index is 1.72. The molecule has 116 valence electrons. The van der Waals surface area contributed by atoms with E-state index in [2.05, 4.69) is 5.10 Å². The number of para-hydroxylation sites is 1. The van der Waals surface area contributed by atoms with E-state index >= 15 is 0 Å². The van der Waals surface area contributed by atoms with Gasteiger partial charge in [0.15, 0.2) is 0 Å². The smallest absolute Gasteiger partial charge is 0.224 e. The van der Waals surface area contributed by atoms with Crippen LogP contribution in [0.2, 0.25) is 0 Å². The molecule has 1 aromatic carbocycles. The van der Waals surface area contributed by atoms with Crippen LogP contribution in [0.1, 0.15) is 32.1 Å². The van der Waals surface area contributed by atoms with E-state index in [1.165, 1.54) is 19.0 Å². The zero-order valence-corrected chi connectivity index (χ0v) is 12.7. The highest BCUT2D eigenvalue weighted by Gasteiger charge is 2.15. The number of amides is 1. The first-order valence-electron chi connectivity index (χ1n) is 7.98. The Bertz CT molecular complexity index is 715. The van der Waals surface area contributed by atoms with Gasteiger partial charge in [0, 0.05) is 24.9 Å². The second kappa shape index (κ2) is 6.73. The molecule has 1 saturated heterocycles. The van der Waals surface area contributed by atoms with Gasteiger partial charge >= 0.3 is 0 Å². The van der Waals surface area contributed by atoms with Crippen LogP contribution in [0.5, 0.6) is 0 Å². The SMILES string of the molecule is O=C(CCn1ncc(=O)c2ccccc21)N1CCCCCC1. The van der Waals surface area contributed by atoms with Gasteiger partial charge in [-0.05, 0) is 25.0 Å². The van der Waals surface area contributed by atoms with Gasteiger partial charge in [-0.2, -0.15) is 5.10 Å². The summed E-state index contributed by atoms with van der Waals surface area (Å²) in [5.41, 5.74) is 0.712. The van der Waals surface area contributed by atoms with Gasteiger partial charge in [0.05, 0.1) is 18.3 Å². The lowest BCUT2D eigenvalue weighted by Gasteiger charge is -2.20. The number of likely N-dealkylation sites (tertiary alicyclic amines) is 1. The molecule has 1 fully saturated rings. The van der Waals surface area contributed by atoms with Crippen LogP contribution in [0.25, 0.3) is 10.9 Å². The van der Waals surface area contributed by atoms with Crippen molar-refractivity contribution in [2.75, 3.05) is 13.1 Å². The summed E-state index contributed by atoms with van der Waals surface area (Å²) in [5.74, 6) is 0.187. The van der Waals surface area contributed by atoms with E-state index in [0.29, 0.717) is 18.4 Å². The average Bonchev–Trinajstić information content (AvgIpc) is 2.83. The minimum Gasteiger partial charge on any atom is -0.343 e. The molecule has 2 aromatic rings. The fourth-order valence-corrected chi connectivity index (χ4v) is 3.02. The van der Waals surface area contributed by atoms with Crippen molar-refractivity contribution in [2.45, 2.75) is 38.6 Å². The number of carbonyl (C=O) groups excluding carboxylic acids is 1. The molecule has 0 saturated carbocycles. The Morgan fingerprint density at radius 2 is 1.82 bits per heavy atom. The molecule has 0 atom stereocenters. The first-order chi connectivity index (χ1) is 10.8. The van der Waals surface area contributed by atoms with Gasteiger partial charge in [-0.25, -0.2) is 0 Å². The van der Waals surface area contributed by atoms with Gasteiger partial charge in [0.1, 0.15) is 0 Å². The summed E-state index contributed by atoms with van der Waals surface area (Å²) in [6.45, 7) is 2.25. The third kappa shape index (κ3) is 3.18. The summed E-state index contributed by atoms with van der Waals surface area (Å²) in [6, 6.07) is 7.40. The molecule has 0 unspecified atom stereocenters. The molecular weight excluding hydrogens is 278 g/mol. The van der Waals surface area contributed by atoms with E-state index in [4.69, 9.17) is 0 Å². The Morgan fingerprint density at radius 3 is 2.59 bits per heavy atom. The number of nitrogens with zero attached hydrogens (tertiary/aromatic N) is 3. The molecule has 1 amide bonds. The van der Waals surface area contributed by atoms with Gasteiger partial charge < -0.3 is 4.90 Å². The van der Waals surface area contributed by atoms with Crippen molar-refractivity contribution in [3.8, 4) is 0 Å². The maximum atomic E-state index is 12.4. The molecule has 1 aliphatic rings. The largest absolute Gasteiger partial charge is 0.343 e. The van der Waals surface area contributed by atoms with Crippen LogP contribution in [-0.4, -0.2) is 33.7 Å². The molecule has 1 aliphatic heterocycles. The minimum absolute atomic E-state index is 0.0781. The molecule has 5 heteroatoms. The van der Waals surface area contributed by atoms with E-state index < -0.39 is 0 Å². The lowest BCUT2D eigenvalue weighted by molar-refractivity contribution is -0.131. The summed E-state index contributed by atoms with van der Waals surface area (Å²) < 4.78 is 1.76. The predicted octanol–water partition coefficient (Wildman–Crippen LogP) is 2.19. The first kappa shape index (κ1) is 14.8. The van der Waals surface area contributed by atoms with Crippen molar-refractivity contribution in [2.24, 2.45) is 0 Å². The van der Waals surface area contributed by atoms with Crippen molar-refractivity contribution in [3.63, 3.8) is 0 Å². The van der Waals surface area contributed by atoms with Crippen LogP contribution < -0.4 is 5.43 Å². The average molecular weight is 299 g/mol. The summed E-state index contributed by atoms with van der Waals surface area (Å²) >= 11 is 0. The van der Waals surface area contributed by atoms with Crippen molar-refractivity contribution in [1.82, 2.24) is 14.7 Å². The second-order valence-electron chi connectivity index (χ2n) is 5.79. The maximum Gasteiger partial charge on any atom is 0.224 e. The molecule has 0 radical (unpaired) electrons. The topological polar surface area (TPSA) is 55.2 Å². The number of aryl methyl sites for hydroxylation is 1. The molecule has 2 heterocycles. The number of fused-ring (bicyclic) bond motifs is 1. The number of hydrogen-bond donors (Lipinski definition) is 0. The minimum atomic E-state index is -0.0781. The third-order valence-corrected chi connectivity index (χ3v) is 4.26. The number of rotatable bonds is 3. The standard InChI is InChI=1S/C17H21N3O2/c21-16-13-18-20(15-8-4-3-7-14(15)16)12-9-17(22)19-10-5-1-2-6-11-19/h3-4,7-8,13H,1-2,5-6,9-12H2. The van der Waals surface area contributed by atoms with Crippen molar-refractivity contribution in [3.05, 3.63) is 40.7 Å². The normalized spacial score (nSPS) is 15.7. The van der Waals surface area contributed by atoms with Gasteiger partial charge in [-0.3, -0.25) is 14.3 Å². The molecule has 0 spiro atoms. The second-order valence-corrected chi connectivity index (χ2v) is 5.79. The molecule has 0 aliphatic carbocycles. The van der Waals surface area contributed by atoms with Crippen LogP contribution in [-0.2, 0) is 11.3 Å². The molecule has 0 bridgehead atoms. The quantitative estimate of drug-likeness (QED) is 0.873. The number of aromatic nitrogens is 2. The third-order valence-electron chi connectivity index (χ3n) is 4.26. The van der Waals surface area contributed by atoms with E-state index in [1.807, 2.05) is 23.1 Å². The van der Waals surface area contributed by atoms with E-state index in [1.54, 1.807) is 10.7 Å². The fourth-order valence-electron chi connectivity index (χ4n) is 3.02. The molecule has 0 N–H and O–H groups in total. The monoisotopic (exact) mass is 299 g/mol. The number of benzene rings is 1. The lowest BCUT2D eigenvalue weighted by atomic mass is 10.2. The Labute approximate surface area is 129 Å². The van der Waals surface area contributed by atoms with Crippen molar-refractivity contribution >= 4 is 16.8 Å². The van der Waals surface area contributed by atoms with E-state index in [9.17, 15) is 9.59 Å². The summed E-state index contributed by atoms with van der Waals surface area (Å²) in [5, 5.41) is 4.83. The molecule has 22 heavy (non-hydrogen) atoms. The molecule has 5 nitrogen and oxygen atoms in total. The lowest BCUT2D eigenvalue weighted by Crippen LogP contribution is -2.32. The fraction of sp³-hybridized carbons (Fsp3) is 0.471. The van der Waals surface area contributed by atoms with Crippen LogP contribution in [0.4, 0.5) is 0 Å². The van der Waals surface area contributed by atoms with Crippen molar-refractivity contribution < 1.29 is 4.79 Å². The van der Waals surface area contributed by atoms with Crippen LogP contribution >= 0.6 is 0 Å². The summed E-state index contributed by atoms with van der Waals surface area (Å²) in [7, 11) is 0. The molecule has 3 rings (SSSR count). The van der Waals surface area contributed by atoms with Crippen LogP contribution in [0, 0.1) is 0 Å². The molecule has 1 aromatic heterocycles. The Kier molecular flexibility index (Phi) is 4.51. The highest BCUT2D eigenvalue weighted by molar-refractivity contribution is 5.79. The zero-order valence-electron chi connectivity index (χ0n) is 12.7. The van der Waals surface area contributed by atoms with Crippen LogP contribution in [0.3, 0.4) is 0 Å². The summed E-state index contributed by atoms with van der Waals surface area (Å²) in [4.78, 5) is 26.1. The zero-order chi connectivity index (χ0) is 15.4. The van der Waals surface area contributed by atoms with Gasteiger partial charge in [0.25, 0.3) is 0 Å². The van der Waals surface area contributed by atoms with Gasteiger partial charge in [-0.1, -0.05) is 25.0 Å². The Morgan fingerprint density at radius 1 is 1.09 bits per heavy atom. The summed E-state index contributed by atoms with van der Waals surface area (Å²) in [6.07, 6.45) is 6.40. The highest BCUT2D eigenvalue weighted by atomic mass is 16.2. The number of hydrogen-bond acceptors (Lipinski definition) is 3. The predicted molar refractivity (Wildman–Crippen MR) is 85.7 cm³/mol. The first-order valence-corrected chi connectivity index (χ1v) is 7.98. The van der Waals surface area contributed by atoms with Gasteiger partial charge in [0.2, 0.25) is 11.3 Å². The number of carbonyl (C=O) groups is 1. The highest BCUT2D eigenvalue weighted by Crippen LogP contribution is 2.12. The van der Waals surface area contributed by atoms with Gasteiger partial charge in [-0.15, -0.1) is 0 Å². The maximum absolute atomic E-state index is 12.4. The van der Waals surface area contributed by atoms with Crippen molar-refractivity contribution in [1.29, 1.82) is 0 Å². The van der Waals surface area contributed by atoms with E-state index in [0.717, 1.165) is 31.4 Å².